The molecule has 0 spiro atoms. The molecule has 20 heavy (non-hydrogen) atoms. The van der Waals surface area contributed by atoms with Gasteiger partial charge in [-0.3, -0.25) is 10.1 Å². The molecule has 1 aromatic carbocycles. The number of esters is 1. The Labute approximate surface area is 118 Å². The van der Waals surface area contributed by atoms with Gasteiger partial charge in [0.05, 0.1) is 4.92 Å². The van der Waals surface area contributed by atoms with Crippen molar-refractivity contribution in [2.45, 2.75) is 39.2 Å². The second-order valence-corrected chi connectivity index (χ2v) is 4.66. The molecule has 1 atom stereocenters. The van der Waals surface area contributed by atoms with E-state index in [0.717, 1.165) is 18.4 Å². The van der Waals surface area contributed by atoms with Crippen LogP contribution in [-0.2, 0) is 4.74 Å². The number of hydrogen-bond donors (Lipinski definition) is 0. The minimum absolute atomic E-state index is 0.0275. The highest BCUT2D eigenvalue weighted by Crippen LogP contribution is 2.21. The Morgan fingerprint density at radius 1 is 1.45 bits per heavy atom. The van der Waals surface area contributed by atoms with Gasteiger partial charge in [-0.2, -0.15) is 0 Å². The van der Waals surface area contributed by atoms with E-state index in [2.05, 4.69) is 6.58 Å². The predicted molar refractivity (Wildman–Crippen MR) is 76.6 cm³/mol. The molecule has 5 heteroatoms. The second kappa shape index (κ2) is 7.43. The molecule has 0 bridgehead atoms. The number of hydrogen-bond acceptors (Lipinski definition) is 4. The molecule has 0 aliphatic rings. The number of benzene rings is 1. The highest BCUT2D eigenvalue weighted by atomic mass is 16.6. The lowest BCUT2D eigenvalue weighted by atomic mass is 10.1. The predicted octanol–water partition coefficient (Wildman–Crippen LogP) is 3.89. The van der Waals surface area contributed by atoms with Gasteiger partial charge in [0.15, 0.2) is 0 Å². The van der Waals surface area contributed by atoms with Crippen LogP contribution in [0.5, 0.6) is 0 Å². The lowest BCUT2D eigenvalue weighted by Gasteiger charge is -2.17. The molecule has 0 unspecified atom stereocenters. The van der Waals surface area contributed by atoms with Crippen LogP contribution in [-0.4, -0.2) is 17.0 Å². The van der Waals surface area contributed by atoms with Crippen LogP contribution in [0.2, 0.25) is 0 Å². The molecule has 1 aromatic rings. The molecule has 0 saturated heterocycles. The lowest BCUT2D eigenvalue weighted by molar-refractivity contribution is -0.385. The third-order valence-corrected chi connectivity index (χ3v) is 2.94. The van der Waals surface area contributed by atoms with Gasteiger partial charge in [0.25, 0.3) is 5.69 Å². The van der Waals surface area contributed by atoms with Crippen LogP contribution >= 0.6 is 0 Å². The summed E-state index contributed by atoms with van der Waals surface area (Å²) in [7, 11) is 0. The zero-order valence-corrected chi connectivity index (χ0v) is 11.8. The highest BCUT2D eigenvalue weighted by Gasteiger charge is 2.23. The van der Waals surface area contributed by atoms with E-state index >= 15 is 0 Å². The molecule has 0 aliphatic carbocycles. The maximum Gasteiger partial charge on any atom is 0.345 e. The molecule has 0 amide bonds. The molecular formula is C15H19NO4. The van der Waals surface area contributed by atoms with E-state index < -0.39 is 17.0 Å². The van der Waals surface area contributed by atoms with E-state index in [9.17, 15) is 14.9 Å². The monoisotopic (exact) mass is 277 g/mol. The summed E-state index contributed by atoms with van der Waals surface area (Å²) in [5, 5.41) is 10.9. The number of nitro groups is 1. The summed E-state index contributed by atoms with van der Waals surface area (Å²) in [5.41, 5.74) is 0.471. The molecule has 0 heterocycles. The normalized spacial score (nSPS) is 11.7. The fourth-order valence-electron chi connectivity index (χ4n) is 1.79. The third-order valence-electron chi connectivity index (χ3n) is 2.94. The smallest absolute Gasteiger partial charge is 0.345 e. The minimum Gasteiger partial charge on any atom is -0.454 e. The van der Waals surface area contributed by atoms with Crippen molar-refractivity contribution >= 4 is 11.7 Å². The Morgan fingerprint density at radius 3 is 2.65 bits per heavy atom. The van der Waals surface area contributed by atoms with Crippen LogP contribution in [0.4, 0.5) is 5.69 Å². The standard InChI is InChI=1S/C15H19NO4/c1-4-5-10-14(11(2)3)20-15(17)12-8-6-7-9-13(12)16(18)19/h6-9,14H,2,4-5,10H2,1,3H3/t14-/m0/s1. The van der Waals surface area contributed by atoms with Crippen molar-refractivity contribution in [2.75, 3.05) is 0 Å². The van der Waals surface area contributed by atoms with Crippen LogP contribution in [0.1, 0.15) is 43.5 Å². The average Bonchev–Trinajstić information content (AvgIpc) is 2.42. The van der Waals surface area contributed by atoms with Gasteiger partial charge in [-0.25, -0.2) is 4.79 Å². The summed E-state index contributed by atoms with van der Waals surface area (Å²) in [6.07, 6.45) is 2.16. The summed E-state index contributed by atoms with van der Waals surface area (Å²) in [5.74, 6) is -0.679. The number of carbonyl (C=O) groups is 1. The number of rotatable bonds is 7. The first-order chi connectivity index (χ1) is 9.47. The summed E-state index contributed by atoms with van der Waals surface area (Å²) < 4.78 is 5.35. The molecule has 108 valence electrons. The molecule has 5 nitrogen and oxygen atoms in total. The van der Waals surface area contributed by atoms with Crippen molar-refractivity contribution < 1.29 is 14.5 Å². The maximum absolute atomic E-state index is 12.1. The van der Waals surface area contributed by atoms with Crippen molar-refractivity contribution in [2.24, 2.45) is 0 Å². The van der Waals surface area contributed by atoms with Gasteiger partial charge in [-0.05, 0) is 31.4 Å². The summed E-state index contributed by atoms with van der Waals surface area (Å²) in [6, 6.07) is 5.78. The zero-order valence-electron chi connectivity index (χ0n) is 11.8. The molecule has 0 saturated carbocycles. The number of ether oxygens (including phenoxy) is 1. The molecule has 0 aliphatic heterocycles. The van der Waals surface area contributed by atoms with Crippen LogP contribution in [0, 0.1) is 10.1 Å². The van der Waals surface area contributed by atoms with Crippen LogP contribution < -0.4 is 0 Å². The van der Waals surface area contributed by atoms with Gasteiger partial charge in [-0.1, -0.05) is 32.1 Å². The topological polar surface area (TPSA) is 69.4 Å². The van der Waals surface area contributed by atoms with Crippen molar-refractivity contribution in [3.8, 4) is 0 Å². The van der Waals surface area contributed by atoms with Gasteiger partial charge in [0.2, 0.25) is 0 Å². The molecule has 0 radical (unpaired) electrons. The highest BCUT2D eigenvalue weighted by molar-refractivity contribution is 5.94. The molecule has 1 rings (SSSR count). The minimum atomic E-state index is -0.679. The van der Waals surface area contributed by atoms with Gasteiger partial charge < -0.3 is 4.74 Å². The first-order valence-corrected chi connectivity index (χ1v) is 6.57. The Hall–Kier alpha value is -2.17. The van der Waals surface area contributed by atoms with Gasteiger partial charge in [0, 0.05) is 6.07 Å². The first kappa shape index (κ1) is 15.9. The Bertz CT molecular complexity index is 510. The van der Waals surface area contributed by atoms with E-state index in [1.807, 2.05) is 6.92 Å². The fraction of sp³-hybridized carbons (Fsp3) is 0.400. The van der Waals surface area contributed by atoms with Gasteiger partial charge >= 0.3 is 5.97 Å². The Balaban J connectivity index is 2.89. The van der Waals surface area contributed by atoms with Gasteiger partial charge in [-0.15, -0.1) is 0 Å². The first-order valence-electron chi connectivity index (χ1n) is 6.57. The number of unbranched alkanes of at least 4 members (excludes halogenated alkanes) is 1. The van der Waals surface area contributed by atoms with Crippen molar-refractivity contribution in [1.29, 1.82) is 0 Å². The molecular weight excluding hydrogens is 258 g/mol. The second-order valence-electron chi connectivity index (χ2n) is 4.66. The Morgan fingerprint density at radius 2 is 2.10 bits per heavy atom. The van der Waals surface area contributed by atoms with E-state index in [1.165, 1.54) is 18.2 Å². The lowest BCUT2D eigenvalue weighted by Crippen LogP contribution is -2.20. The summed E-state index contributed by atoms with van der Waals surface area (Å²) in [6.45, 7) is 7.63. The van der Waals surface area contributed by atoms with E-state index in [0.29, 0.717) is 6.42 Å². The third kappa shape index (κ3) is 4.19. The molecule has 0 fully saturated rings. The Kier molecular flexibility index (Phi) is 5.90. The summed E-state index contributed by atoms with van der Waals surface area (Å²) in [4.78, 5) is 22.4. The quantitative estimate of drug-likeness (QED) is 0.328. The van der Waals surface area contributed by atoms with Crippen LogP contribution in [0.25, 0.3) is 0 Å². The van der Waals surface area contributed by atoms with E-state index in [4.69, 9.17) is 4.74 Å². The largest absolute Gasteiger partial charge is 0.454 e. The number of nitrogens with zero attached hydrogens (tertiary/aromatic N) is 1. The number of nitro benzene ring substituents is 1. The molecule has 0 aromatic heterocycles. The van der Waals surface area contributed by atoms with Crippen LogP contribution in [0.15, 0.2) is 36.4 Å². The summed E-state index contributed by atoms with van der Waals surface area (Å²) >= 11 is 0. The SMILES string of the molecule is C=C(C)[C@H](CCCC)OC(=O)c1ccccc1[N+](=O)[O-]. The van der Waals surface area contributed by atoms with Gasteiger partial charge in [0.1, 0.15) is 11.7 Å². The zero-order chi connectivity index (χ0) is 15.1. The number of carbonyl (C=O) groups excluding carboxylic acids is 1. The van der Waals surface area contributed by atoms with E-state index in [1.54, 1.807) is 13.0 Å². The van der Waals surface area contributed by atoms with Crippen molar-refractivity contribution in [3.63, 3.8) is 0 Å². The number of para-hydroxylation sites is 1. The van der Waals surface area contributed by atoms with Crippen molar-refractivity contribution in [1.82, 2.24) is 0 Å². The average molecular weight is 277 g/mol. The van der Waals surface area contributed by atoms with Crippen LogP contribution in [0.3, 0.4) is 0 Å². The van der Waals surface area contributed by atoms with E-state index in [-0.39, 0.29) is 11.3 Å². The van der Waals surface area contributed by atoms with Crippen molar-refractivity contribution in [3.05, 3.63) is 52.1 Å². The fourth-order valence-corrected chi connectivity index (χ4v) is 1.79. The maximum atomic E-state index is 12.1. The molecule has 0 N–H and O–H groups in total.